The molecule has 5 atom stereocenters. The van der Waals surface area contributed by atoms with Gasteiger partial charge in [-0.25, -0.2) is 4.79 Å². The van der Waals surface area contributed by atoms with Gasteiger partial charge in [-0.05, 0) is 60.9 Å². The summed E-state index contributed by atoms with van der Waals surface area (Å²) in [5.41, 5.74) is -1.72. The van der Waals surface area contributed by atoms with Gasteiger partial charge in [0.1, 0.15) is 6.10 Å². The number of thiophene rings is 2. The summed E-state index contributed by atoms with van der Waals surface area (Å²) in [6.45, 7) is 4.29. The van der Waals surface area contributed by atoms with Gasteiger partial charge in [-0.15, -0.1) is 22.7 Å². The molecule has 0 radical (unpaired) electrons. The number of ether oxygens (including phenoxy) is 2. The van der Waals surface area contributed by atoms with Gasteiger partial charge in [-0.3, -0.25) is 0 Å². The van der Waals surface area contributed by atoms with Crippen LogP contribution >= 0.6 is 22.7 Å². The third-order valence-electron chi connectivity index (χ3n) is 5.48. The molecule has 4 rings (SSSR count). The molecule has 1 aliphatic carbocycles. The highest BCUT2D eigenvalue weighted by atomic mass is 32.1. The third kappa shape index (κ3) is 3.36. The first-order valence-electron chi connectivity index (χ1n) is 9.15. The number of hydrogen-bond donors (Lipinski definition) is 1. The van der Waals surface area contributed by atoms with E-state index in [9.17, 15) is 9.90 Å². The average molecular weight is 393 g/mol. The summed E-state index contributed by atoms with van der Waals surface area (Å²) < 4.78 is 11.5. The number of esters is 1. The molecule has 0 amide bonds. The Morgan fingerprint density at radius 3 is 2.27 bits per heavy atom. The van der Waals surface area contributed by atoms with Crippen LogP contribution in [0, 0.1) is 11.8 Å². The van der Waals surface area contributed by atoms with Crippen LogP contribution in [-0.4, -0.2) is 29.4 Å². The number of aliphatic hydroxyl groups is 1. The SMILES string of the molecule is CC1CC(OC(=O)C(O)(c2cccs2)c2cccs2)CC(C2OC2C)C1. The summed E-state index contributed by atoms with van der Waals surface area (Å²) in [5, 5.41) is 15.1. The van der Waals surface area contributed by atoms with Crippen LogP contribution in [0.3, 0.4) is 0 Å². The van der Waals surface area contributed by atoms with Gasteiger partial charge < -0.3 is 14.6 Å². The zero-order valence-corrected chi connectivity index (χ0v) is 16.6. The number of carbonyl (C=O) groups is 1. The second kappa shape index (κ2) is 7.08. The van der Waals surface area contributed by atoms with Crippen molar-refractivity contribution in [1.29, 1.82) is 0 Å². The van der Waals surface area contributed by atoms with E-state index in [0.29, 0.717) is 33.8 Å². The molecular weight excluding hydrogens is 368 g/mol. The van der Waals surface area contributed by atoms with Crippen molar-refractivity contribution in [3.05, 3.63) is 44.8 Å². The summed E-state index contributed by atoms with van der Waals surface area (Å²) >= 11 is 2.74. The Balaban J connectivity index is 1.53. The lowest BCUT2D eigenvalue weighted by Gasteiger charge is -2.34. The number of carbonyl (C=O) groups excluding carboxylic acids is 1. The van der Waals surface area contributed by atoms with E-state index in [1.165, 1.54) is 22.7 Å². The topological polar surface area (TPSA) is 59.1 Å². The molecule has 2 fully saturated rings. The normalized spacial score (nSPS) is 31.6. The van der Waals surface area contributed by atoms with Gasteiger partial charge in [-0.1, -0.05) is 19.1 Å². The highest BCUT2D eigenvalue weighted by Crippen LogP contribution is 2.42. The Kier molecular flexibility index (Phi) is 4.94. The van der Waals surface area contributed by atoms with Gasteiger partial charge in [-0.2, -0.15) is 0 Å². The standard InChI is InChI=1S/C20H24O4S2/c1-12-9-14(18-13(2)23-18)11-15(10-12)24-19(21)20(22,16-5-3-7-25-16)17-6-4-8-26-17/h3-8,12-15,18,22H,9-11H2,1-2H3. The van der Waals surface area contributed by atoms with E-state index < -0.39 is 11.6 Å². The van der Waals surface area contributed by atoms with Crippen LogP contribution in [0.4, 0.5) is 0 Å². The molecule has 0 aromatic carbocycles. The van der Waals surface area contributed by atoms with Crippen molar-refractivity contribution in [1.82, 2.24) is 0 Å². The highest BCUT2D eigenvalue weighted by molar-refractivity contribution is 7.12. The Bertz CT molecular complexity index is 706. The van der Waals surface area contributed by atoms with Gasteiger partial charge in [0.15, 0.2) is 0 Å². The molecule has 2 aromatic rings. The molecule has 140 valence electrons. The van der Waals surface area contributed by atoms with Crippen molar-refractivity contribution in [2.24, 2.45) is 11.8 Å². The molecule has 0 spiro atoms. The molecule has 0 bridgehead atoms. The van der Waals surface area contributed by atoms with Crippen molar-refractivity contribution in [3.8, 4) is 0 Å². The molecule has 1 saturated heterocycles. The van der Waals surface area contributed by atoms with Gasteiger partial charge in [0.2, 0.25) is 5.60 Å². The maximum Gasteiger partial charge on any atom is 0.349 e. The van der Waals surface area contributed by atoms with Crippen molar-refractivity contribution < 1.29 is 19.4 Å². The summed E-state index contributed by atoms with van der Waals surface area (Å²) in [5.74, 6) is 0.354. The second-order valence-corrected chi connectivity index (χ2v) is 9.47. The average Bonchev–Trinajstić information content (AvgIpc) is 3.07. The van der Waals surface area contributed by atoms with Crippen LogP contribution in [0.25, 0.3) is 0 Å². The van der Waals surface area contributed by atoms with Crippen LogP contribution in [-0.2, 0) is 19.9 Å². The molecule has 26 heavy (non-hydrogen) atoms. The van der Waals surface area contributed by atoms with Crippen LogP contribution in [0.15, 0.2) is 35.0 Å². The van der Waals surface area contributed by atoms with Gasteiger partial charge >= 0.3 is 5.97 Å². The molecule has 4 nitrogen and oxygen atoms in total. The van der Waals surface area contributed by atoms with Crippen LogP contribution in [0.1, 0.15) is 42.9 Å². The predicted octanol–water partition coefficient (Wildman–Crippen LogP) is 4.18. The quantitative estimate of drug-likeness (QED) is 0.613. The molecule has 5 unspecified atom stereocenters. The Morgan fingerprint density at radius 2 is 1.77 bits per heavy atom. The highest BCUT2D eigenvalue weighted by Gasteiger charge is 2.48. The largest absolute Gasteiger partial charge is 0.460 e. The monoisotopic (exact) mass is 392 g/mol. The van der Waals surface area contributed by atoms with E-state index in [1.807, 2.05) is 22.9 Å². The van der Waals surface area contributed by atoms with E-state index in [-0.39, 0.29) is 6.10 Å². The van der Waals surface area contributed by atoms with E-state index in [4.69, 9.17) is 9.47 Å². The number of rotatable bonds is 5. The van der Waals surface area contributed by atoms with E-state index in [0.717, 1.165) is 19.3 Å². The summed E-state index contributed by atoms with van der Waals surface area (Å²) in [4.78, 5) is 14.3. The fourth-order valence-electron chi connectivity index (χ4n) is 4.18. The van der Waals surface area contributed by atoms with Crippen LogP contribution < -0.4 is 0 Å². The zero-order valence-electron chi connectivity index (χ0n) is 15.0. The lowest BCUT2D eigenvalue weighted by Crippen LogP contribution is -2.41. The number of epoxide rings is 1. The van der Waals surface area contributed by atoms with E-state index >= 15 is 0 Å². The van der Waals surface area contributed by atoms with Gasteiger partial charge in [0.25, 0.3) is 0 Å². The molecule has 6 heteroatoms. The molecule has 1 N–H and O–H groups in total. The van der Waals surface area contributed by atoms with Crippen molar-refractivity contribution in [3.63, 3.8) is 0 Å². The first kappa shape index (κ1) is 18.2. The van der Waals surface area contributed by atoms with Gasteiger partial charge in [0, 0.05) is 0 Å². The number of hydrogen-bond acceptors (Lipinski definition) is 6. The second-order valence-electron chi connectivity index (χ2n) is 7.57. The first-order valence-corrected chi connectivity index (χ1v) is 10.9. The molecule has 1 aliphatic heterocycles. The van der Waals surface area contributed by atoms with Crippen molar-refractivity contribution in [2.45, 2.75) is 57.0 Å². The Labute approximate surface area is 161 Å². The van der Waals surface area contributed by atoms with Crippen molar-refractivity contribution >= 4 is 28.6 Å². The van der Waals surface area contributed by atoms with Gasteiger partial charge in [0.05, 0.1) is 22.0 Å². The maximum atomic E-state index is 13.1. The molecule has 2 aromatic heterocycles. The summed E-state index contributed by atoms with van der Waals surface area (Å²) in [6, 6.07) is 7.27. The lowest BCUT2D eigenvalue weighted by molar-refractivity contribution is -0.170. The minimum Gasteiger partial charge on any atom is -0.460 e. The Morgan fingerprint density at radius 1 is 1.15 bits per heavy atom. The first-order chi connectivity index (χ1) is 12.5. The lowest BCUT2D eigenvalue weighted by atomic mass is 9.78. The smallest absolute Gasteiger partial charge is 0.349 e. The minimum atomic E-state index is -1.72. The molecule has 2 aliphatic rings. The molecule has 1 saturated carbocycles. The van der Waals surface area contributed by atoms with E-state index in [1.54, 1.807) is 12.1 Å². The van der Waals surface area contributed by atoms with E-state index in [2.05, 4.69) is 13.8 Å². The summed E-state index contributed by atoms with van der Waals surface area (Å²) in [6.07, 6.45) is 3.22. The third-order valence-corrected chi connectivity index (χ3v) is 7.44. The van der Waals surface area contributed by atoms with Crippen molar-refractivity contribution in [2.75, 3.05) is 0 Å². The summed E-state index contributed by atoms with van der Waals surface area (Å²) in [7, 11) is 0. The Hall–Kier alpha value is -1.21. The van der Waals surface area contributed by atoms with Crippen LogP contribution in [0.5, 0.6) is 0 Å². The predicted molar refractivity (Wildman–Crippen MR) is 102 cm³/mol. The fourth-order valence-corrected chi connectivity index (χ4v) is 5.90. The zero-order chi connectivity index (χ0) is 18.3. The fraction of sp³-hybridized carbons (Fsp3) is 0.550. The maximum absolute atomic E-state index is 13.1. The minimum absolute atomic E-state index is 0.168. The molecular formula is C20H24O4S2. The molecule has 3 heterocycles. The van der Waals surface area contributed by atoms with Crippen LogP contribution in [0.2, 0.25) is 0 Å².